The summed E-state index contributed by atoms with van der Waals surface area (Å²) in [5, 5.41) is 0.481. The number of aromatic nitrogens is 1. The summed E-state index contributed by atoms with van der Waals surface area (Å²) < 4.78 is 0. The largest absolute Gasteiger partial charge is 0.326 e. The Hall–Kier alpha value is -1.13. The van der Waals surface area contributed by atoms with E-state index in [-0.39, 0.29) is 11.9 Å². The molecule has 1 unspecified atom stereocenters. The van der Waals surface area contributed by atoms with Gasteiger partial charge in [-0.05, 0) is 12.1 Å². The van der Waals surface area contributed by atoms with Crippen molar-refractivity contribution in [2.75, 3.05) is 11.4 Å². The van der Waals surface area contributed by atoms with Gasteiger partial charge in [-0.25, -0.2) is 4.98 Å². The average molecular weight is 212 g/mol. The summed E-state index contributed by atoms with van der Waals surface area (Å²) >= 11 is 5.92. The summed E-state index contributed by atoms with van der Waals surface area (Å²) in [5.41, 5.74) is 5.67. The minimum atomic E-state index is -0.111. The van der Waals surface area contributed by atoms with Gasteiger partial charge >= 0.3 is 0 Å². The van der Waals surface area contributed by atoms with Gasteiger partial charge in [0.2, 0.25) is 5.91 Å². The van der Waals surface area contributed by atoms with Crippen LogP contribution in [0.2, 0.25) is 5.02 Å². The molecule has 1 aromatic heterocycles. The lowest BCUT2D eigenvalue weighted by Gasteiger charge is -2.15. The van der Waals surface area contributed by atoms with Gasteiger partial charge < -0.3 is 5.73 Å². The van der Waals surface area contributed by atoms with Gasteiger partial charge in [0.05, 0.1) is 5.02 Å². The summed E-state index contributed by atoms with van der Waals surface area (Å²) in [7, 11) is 0. The maximum absolute atomic E-state index is 11.5. The molecule has 14 heavy (non-hydrogen) atoms. The molecule has 4 nitrogen and oxygen atoms in total. The molecule has 0 aliphatic carbocycles. The fraction of sp³-hybridized carbons (Fsp3) is 0.333. The number of anilines is 1. The van der Waals surface area contributed by atoms with Gasteiger partial charge in [-0.2, -0.15) is 0 Å². The Kier molecular flexibility index (Phi) is 2.39. The third-order valence-electron chi connectivity index (χ3n) is 2.15. The van der Waals surface area contributed by atoms with Crippen LogP contribution in [0.5, 0.6) is 0 Å². The minimum absolute atomic E-state index is 0.0156. The van der Waals surface area contributed by atoms with Gasteiger partial charge in [0.1, 0.15) is 0 Å². The zero-order chi connectivity index (χ0) is 10.1. The van der Waals surface area contributed by atoms with Crippen molar-refractivity contribution < 1.29 is 4.79 Å². The van der Waals surface area contributed by atoms with E-state index < -0.39 is 0 Å². The minimum Gasteiger partial charge on any atom is -0.326 e. The second kappa shape index (κ2) is 3.55. The maximum atomic E-state index is 11.5. The van der Waals surface area contributed by atoms with Crippen LogP contribution in [0, 0.1) is 0 Å². The van der Waals surface area contributed by atoms with Crippen molar-refractivity contribution in [1.82, 2.24) is 4.98 Å². The molecule has 1 aliphatic heterocycles. The van der Waals surface area contributed by atoms with E-state index in [2.05, 4.69) is 4.98 Å². The van der Waals surface area contributed by atoms with Crippen LogP contribution in [-0.4, -0.2) is 23.5 Å². The molecule has 0 bridgehead atoms. The zero-order valence-corrected chi connectivity index (χ0v) is 8.24. The summed E-state index contributed by atoms with van der Waals surface area (Å²) in [6.45, 7) is 0.496. The van der Waals surface area contributed by atoms with Crippen LogP contribution in [0.1, 0.15) is 6.42 Å². The number of pyridine rings is 1. The van der Waals surface area contributed by atoms with E-state index in [1.807, 2.05) is 0 Å². The third-order valence-corrected chi connectivity index (χ3v) is 2.44. The van der Waals surface area contributed by atoms with Gasteiger partial charge in [-0.3, -0.25) is 9.69 Å². The van der Waals surface area contributed by atoms with Gasteiger partial charge in [0, 0.05) is 25.2 Å². The van der Waals surface area contributed by atoms with Crippen molar-refractivity contribution in [2.24, 2.45) is 5.73 Å². The molecule has 0 spiro atoms. The molecule has 74 valence electrons. The van der Waals surface area contributed by atoms with E-state index in [4.69, 9.17) is 17.3 Å². The Labute approximate surface area is 86.7 Å². The number of nitrogens with zero attached hydrogens (tertiary/aromatic N) is 2. The normalized spacial score (nSPS) is 21.7. The first kappa shape index (κ1) is 9.43. The quantitative estimate of drug-likeness (QED) is 0.748. The standard InChI is InChI=1S/C9H10ClN3O/c10-7-2-1-3-12-9(7)13-5-6(11)4-8(13)14/h1-3,6H,4-5,11H2. The van der Waals surface area contributed by atoms with E-state index in [1.165, 1.54) is 4.90 Å². The molecule has 2 N–H and O–H groups in total. The molecule has 1 aliphatic rings. The highest BCUT2D eigenvalue weighted by atomic mass is 35.5. The molecule has 0 aromatic carbocycles. The number of rotatable bonds is 1. The molecule has 2 rings (SSSR count). The smallest absolute Gasteiger partial charge is 0.229 e. The Morgan fingerprint density at radius 2 is 2.43 bits per heavy atom. The SMILES string of the molecule is NC1CC(=O)N(c2ncccc2Cl)C1. The molecule has 2 heterocycles. The van der Waals surface area contributed by atoms with Crippen LogP contribution in [0.3, 0.4) is 0 Å². The van der Waals surface area contributed by atoms with Gasteiger partial charge in [-0.1, -0.05) is 11.6 Å². The van der Waals surface area contributed by atoms with Crippen molar-refractivity contribution in [3.8, 4) is 0 Å². The molecule has 5 heteroatoms. The van der Waals surface area contributed by atoms with E-state index in [0.29, 0.717) is 23.8 Å². The molecule has 0 saturated carbocycles. The molecular weight excluding hydrogens is 202 g/mol. The van der Waals surface area contributed by atoms with Gasteiger partial charge in [-0.15, -0.1) is 0 Å². The first-order chi connectivity index (χ1) is 6.68. The lowest BCUT2D eigenvalue weighted by atomic mass is 10.3. The summed E-state index contributed by atoms with van der Waals surface area (Å²) in [4.78, 5) is 17.1. The maximum Gasteiger partial charge on any atom is 0.229 e. The number of halogens is 1. The Bertz CT molecular complexity index is 369. The second-order valence-electron chi connectivity index (χ2n) is 3.28. The van der Waals surface area contributed by atoms with Gasteiger partial charge in [0.25, 0.3) is 0 Å². The van der Waals surface area contributed by atoms with Crippen molar-refractivity contribution in [3.05, 3.63) is 23.4 Å². The molecule has 0 radical (unpaired) electrons. The highest BCUT2D eigenvalue weighted by Crippen LogP contribution is 2.25. The lowest BCUT2D eigenvalue weighted by Crippen LogP contribution is -2.28. The van der Waals surface area contributed by atoms with Crippen LogP contribution in [0.15, 0.2) is 18.3 Å². The number of hydrogen-bond donors (Lipinski definition) is 1. The Balaban J connectivity index is 2.32. The molecule has 1 saturated heterocycles. The lowest BCUT2D eigenvalue weighted by molar-refractivity contribution is -0.117. The van der Waals surface area contributed by atoms with Crippen LogP contribution in [0.4, 0.5) is 5.82 Å². The van der Waals surface area contributed by atoms with Crippen molar-refractivity contribution in [2.45, 2.75) is 12.5 Å². The topological polar surface area (TPSA) is 59.2 Å². The van der Waals surface area contributed by atoms with E-state index in [1.54, 1.807) is 18.3 Å². The van der Waals surface area contributed by atoms with Crippen molar-refractivity contribution in [3.63, 3.8) is 0 Å². The average Bonchev–Trinajstić information content (AvgIpc) is 2.46. The summed E-state index contributed by atoms with van der Waals surface area (Å²) in [6, 6.07) is 3.33. The highest BCUT2D eigenvalue weighted by molar-refractivity contribution is 6.33. The monoisotopic (exact) mass is 211 g/mol. The van der Waals surface area contributed by atoms with Crippen LogP contribution in [0.25, 0.3) is 0 Å². The van der Waals surface area contributed by atoms with Crippen molar-refractivity contribution >= 4 is 23.3 Å². The fourth-order valence-electron chi connectivity index (χ4n) is 1.52. The van der Waals surface area contributed by atoms with E-state index in [0.717, 1.165) is 0 Å². The number of carbonyl (C=O) groups excluding carboxylic acids is 1. The first-order valence-electron chi connectivity index (χ1n) is 4.35. The zero-order valence-electron chi connectivity index (χ0n) is 7.48. The predicted molar refractivity (Wildman–Crippen MR) is 54.2 cm³/mol. The third kappa shape index (κ3) is 1.58. The number of carbonyl (C=O) groups is 1. The summed E-state index contributed by atoms with van der Waals surface area (Å²) in [5.74, 6) is 0.491. The van der Waals surface area contributed by atoms with Crippen LogP contribution < -0.4 is 10.6 Å². The fourth-order valence-corrected chi connectivity index (χ4v) is 1.74. The van der Waals surface area contributed by atoms with E-state index in [9.17, 15) is 4.79 Å². The molecule has 1 aromatic rings. The molecule has 1 amide bonds. The number of hydrogen-bond acceptors (Lipinski definition) is 3. The van der Waals surface area contributed by atoms with Crippen LogP contribution in [-0.2, 0) is 4.79 Å². The van der Waals surface area contributed by atoms with Crippen molar-refractivity contribution in [1.29, 1.82) is 0 Å². The second-order valence-corrected chi connectivity index (χ2v) is 3.68. The predicted octanol–water partition coefficient (Wildman–Crippen LogP) is 0.799. The molecule has 1 atom stereocenters. The molecular formula is C9H10ClN3O. The Morgan fingerprint density at radius 1 is 1.64 bits per heavy atom. The Morgan fingerprint density at radius 3 is 3.00 bits per heavy atom. The molecule has 1 fully saturated rings. The summed E-state index contributed by atoms with van der Waals surface area (Å²) in [6.07, 6.45) is 1.98. The first-order valence-corrected chi connectivity index (χ1v) is 4.73. The van der Waals surface area contributed by atoms with Crippen LogP contribution >= 0.6 is 11.6 Å². The number of nitrogens with two attached hydrogens (primary N) is 1. The number of amides is 1. The van der Waals surface area contributed by atoms with E-state index >= 15 is 0 Å². The van der Waals surface area contributed by atoms with Gasteiger partial charge in [0.15, 0.2) is 5.82 Å². The highest BCUT2D eigenvalue weighted by Gasteiger charge is 2.29.